The summed E-state index contributed by atoms with van der Waals surface area (Å²) in [7, 11) is 0. The number of rotatable bonds is 7. The minimum Gasteiger partial charge on any atom is -0.392 e. The smallest absolute Gasteiger partial charge is 0.0681 e. The van der Waals surface area contributed by atoms with Gasteiger partial charge in [-0.2, -0.15) is 0 Å². The van der Waals surface area contributed by atoms with E-state index in [9.17, 15) is 0 Å². The van der Waals surface area contributed by atoms with Crippen LogP contribution in [0, 0.1) is 5.92 Å². The third-order valence-corrected chi connectivity index (χ3v) is 3.69. The monoisotopic (exact) mass is 284 g/mol. The van der Waals surface area contributed by atoms with E-state index in [0.717, 1.165) is 18.5 Å². The van der Waals surface area contributed by atoms with Gasteiger partial charge in [0.1, 0.15) is 0 Å². The molecule has 0 aliphatic carbocycles. The number of benzene rings is 1. The highest BCUT2D eigenvalue weighted by Gasteiger charge is 2.14. The van der Waals surface area contributed by atoms with Gasteiger partial charge < -0.3 is 10.4 Å². The van der Waals surface area contributed by atoms with Crippen LogP contribution in [0.5, 0.6) is 0 Å². The van der Waals surface area contributed by atoms with Crippen molar-refractivity contribution < 1.29 is 5.11 Å². The third-order valence-electron chi connectivity index (χ3n) is 3.69. The maximum atomic E-state index is 9.05. The van der Waals surface area contributed by atoms with Crippen LogP contribution in [0.25, 0.3) is 0 Å². The van der Waals surface area contributed by atoms with Crippen LogP contribution < -0.4 is 5.32 Å². The first-order chi connectivity index (χ1) is 10.2. The van der Waals surface area contributed by atoms with Crippen molar-refractivity contribution in [1.29, 1.82) is 0 Å². The van der Waals surface area contributed by atoms with Gasteiger partial charge in [-0.25, -0.2) is 0 Å². The predicted octanol–water partition coefficient (Wildman–Crippen LogP) is 3.10. The fourth-order valence-corrected chi connectivity index (χ4v) is 2.48. The van der Waals surface area contributed by atoms with Crippen molar-refractivity contribution in [2.75, 3.05) is 6.54 Å². The van der Waals surface area contributed by atoms with Gasteiger partial charge in [0.2, 0.25) is 0 Å². The molecule has 0 saturated carbocycles. The lowest BCUT2D eigenvalue weighted by Gasteiger charge is -2.22. The maximum Gasteiger partial charge on any atom is 0.0681 e. The lowest BCUT2D eigenvalue weighted by Crippen LogP contribution is -2.27. The van der Waals surface area contributed by atoms with E-state index in [1.807, 2.05) is 30.6 Å². The molecule has 0 bridgehead atoms. The first-order valence-corrected chi connectivity index (χ1v) is 7.52. The molecule has 3 heteroatoms. The van der Waals surface area contributed by atoms with Crippen LogP contribution in [-0.2, 0) is 13.0 Å². The maximum absolute atomic E-state index is 9.05. The summed E-state index contributed by atoms with van der Waals surface area (Å²) >= 11 is 0. The second kappa shape index (κ2) is 7.91. The molecule has 1 aromatic heterocycles. The Morgan fingerprint density at radius 3 is 2.38 bits per heavy atom. The van der Waals surface area contributed by atoms with Gasteiger partial charge in [0, 0.05) is 18.4 Å². The highest BCUT2D eigenvalue weighted by Crippen LogP contribution is 2.20. The van der Waals surface area contributed by atoms with Gasteiger partial charge in [0.15, 0.2) is 0 Å². The molecule has 2 rings (SSSR count). The SMILES string of the molecule is CC(C)C(NCCc1ccc(CO)cc1)c1cccnc1. The van der Waals surface area contributed by atoms with Gasteiger partial charge in [0.05, 0.1) is 6.61 Å². The average Bonchev–Trinajstić information content (AvgIpc) is 2.52. The zero-order valence-electron chi connectivity index (χ0n) is 12.8. The highest BCUT2D eigenvalue weighted by molar-refractivity contribution is 5.22. The molecule has 21 heavy (non-hydrogen) atoms. The Hall–Kier alpha value is -1.71. The fourth-order valence-electron chi connectivity index (χ4n) is 2.48. The largest absolute Gasteiger partial charge is 0.392 e. The molecular formula is C18H24N2O. The van der Waals surface area contributed by atoms with Gasteiger partial charge >= 0.3 is 0 Å². The fraction of sp³-hybridized carbons (Fsp3) is 0.389. The van der Waals surface area contributed by atoms with Gasteiger partial charge in [-0.15, -0.1) is 0 Å². The summed E-state index contributed by atoms with van der Waals surface area (Å²) in [5, 5.41) is 12.7. The number of aliphatic hydroxyl groups is 1. The molecule has 112 valence electrons. The van der Waals surface area contributed by atoms with E-state index in [1.54, 1.807) is 0 Å². The molecule has 2 aromatic rings. The molecule has 0 aliphatic rings. The minimum absolute atomic E-state index is 0.106. The molecule has 0 aliphatic heterocycles. The molecule has 3 nitrogen and oxygen atoms in total. The van der Waals surface area contributed by atoms with Gasteiger partial charge in [-0.3, -0.25) is 4.98 Å². The van der Waals surface area contributed by atoms with E-state index in [2.05, 4.69) is 42.3 Å². The van der Waals surface area contributed by atoms with E-state index in [1.165, 1.54) is 11.1 Å². The second-order valence-electron chi connectivity index (χ2n) is 5.69. The van der Waals surface area contributed by atoms with Crippen LogP contribution in [0.3, 0.4) is 0 Å². The predicted molar refractivity (Wildman–Crippen MR) is 85.9 cm³/mol. The van der Waals surface area contributed by atoms with Crippen molar-refractivity contribution >= 4 is 0 Å². The van der Waals surface area contributed by atoms with Crippen LogP contribution in [0.15, 0.2) is 48.8 Å². The number of hydrogen-bond acceptors (Lipinski definition) is 3. The Kier molecular flexibility index (Phi) is 5.90. The Morgan fingerprint density at radius 1 is 1.10 bits per heavy atom. The summed E-state index contributed by atoms with van der Waals surface area (Å²) in [4.78, 5) is 4.21. The standard InChI is InChI=1S/C18H24N2O/c1-14(2)18(17-4-3-10-19-12-17)20-11-9-15-5-7-16(13-21)8-6-15/h3-8,10,12,14,18,20-21H,9,11,13H2,1-2H3. The van der Waals surface area contributed by atoms with Crippen LogP contribution in [0.1, 0.15) is 36.6 Å². The van der Waals surface area contributed by atoms with Crippen LogP contribution in [0.4, 0.5) is 0 Å². The van der Waals surface area contributed by atoms with Crippen molar-refractivity contribution in [3.05, 3.63) is 65.5 Å². The van der Waals surface area contributed by atoms with E-state index in [4.69, 9.17) is 5.11 Å². The molecule has 1 aromatic carbocycles. The average molecular weight is 284 g/mol. The van der Waals surface area contributed by atoms with Gasteiger partial charge in [-0.1, -0.05) is 44.2 Å². The molecule has 1 atom stereocenters. The first kappa shape index (κ1) is 15.7. The zero-order chi connectivity index (χ0) is 15.1. The van der Waals surface area contributed by atoms with Crippen molar-refractivity contribution in [2.24, 2.45) is 5.92 Å². The van der Waals surface area contributed by atoms with Crippen molar-refractivity contribution in [3.63, 3.8) is 0 Å². The number of aromatic nitrogens is 1. The summed E-state index contributed by atoms with van der Waals surface area (Å²) < 4.78 is 0. The minimum atomic E-state index is 0.106. The Bertz CT molecular complexity index is 523. The van der Waals surface area contributed by atoms with Crippen molar-refractivity contribution in [3.8, 4) is 0 Å². The molecule has 1 unspecified atom stereocenters. The van der Waals surface area contributed by atoms with E-state index in [-0.39, 0.29) is 6.61 Å². The summed E-state index contributed by atoms with van der Waals surface area (Å²) in [6.45, 7) is 5.48. The molecule has 0 saturated heterocycles. The van der Waals surface area contributed by atoms with E-state index < -0.39 is 0 Å². The number of pyridine rings is 1. The topological polar surface area (TPSA) is 45.1 Å². The molecule has 2 N–H and O–H groups in total. The van der Waals surface area contributed by atoms with Crippen molar-refractivity contribution in [2.45, 2.75) is 32.9 Å². The molecule has 0 radical (unpaired) electrons. The lowest BCUT2D eigenvalue weighted by molar-refractivity contribution is 0.282. The lowest BCUT2D eigenvalue weighted by atomic mass is 9.97. The first-order valence-electron chi connectivity index (χ1n) is 7.52. The normalized spacial score (nSPS) is 12.6. The van der Waals surface area contributed by atoms with Gasteiger partial charge in [0.25, 0.3) is 0 Å². The summed E-state index contributed by atoms with van der Waals surface area (Å²) in [5.74, 6) is 0.519. The summed E-state index contributed by atoms with van der Waals surface area (Å²) in [6, 6.07) is 12.6. The Labute approximate surface area is 127 Å². The summed E-state index contributed by atoms with van der Waals surface area (Å²) in [6.07, 6.45) is 4.73. The quantitative estimate of drug-likeness (QED) is 0.821. The zero-order valence-corrected chi connectivity index (χ0v) is 12.8. The molecule has 0 spiro atoms. The van der Waals surface area contributed by atoms with Crippen LogP contribution in [0.2, 0.25) is 0 Å². The molecule has 0 fully saturated rings. The van der Waals surface area contributed by atoms with Crippen LogP contribution in [-0.4, -0.2) is 16.6 Å². The molecule has 1 heterocycles. The van der Waals surface area contributed by atoms with Gasteiger partial charge in [-0.05, 0) is 41.6 Å². The Balaban J connectivity index is 1.90. The molecular weight excluding hydrogens is 260 g/mol. The number of nitrogens with one attached hydrogen (secondary N) is 1. The number of aliphatic hydroxyl groups excluding tert-OH is 1. The van der Waals surface area contributed by atoms with Crippen LogP contribution >= 0.6 is 0 Å². The Morgan fingerprint density at radius 2 is 1.81 bits per heavy atom. The second-order valence-corrected chi connectivity index (χ2v) is 5.69. The highest BCUT2D eigenvalue weighted by atomic mass is 16.3. The molecule has 0 amide bonds. The number of hydrogen-bond donors (Lipinski definition) is 2. The summed E-state index contributed by atoms with van der Waals surface area (Å²) in [5.41, 5.74) is 3.48. The van der Waals surface area contributed by atoms with E-state index >= 15 is 0 Å². The number of nitrogens with zero attached hydrogens (tertiary/aromatic N) is 1. The van der Waals surface area contributed by atoms with Crippen molar-refractivity contribution in [1.82, 2.24) is 10.3 Å². The van der Waals surface area contributed by atoms with E-state index in [0.29, 0.717) is 12.0 Å². The third kappa shape index (κ3) is 4.66.